The van der Waals surface area contributed by atoms with Crippen molar-refractivity contribution in [3.05, 3.63) is 35.9 Å². The third-order valence-corrected chi connectivity index (χ3v) is 6.29. The molecule has 0 radical (unpaired) electrons. The van der Waals surface area contributed by atoms with Gasteiger partial charge in [0.25, 0.3) is 0 Å². The molecule has 0 amide bonds. The summed E-state index contributed by atoms with van der Waals surface area (Å²) in [5.41, 5.74) is -0.0136. The van der Waals surface area contributed by atoms with Gasteiger partial charge in [0.15, 0.2) is 0 Å². The first-order valence-electron chi connectivity index (χ1n) is 9.62. The standard InChI is InChI=1S/C19H31BNO5P/c1-13(2)10-17-16(11-18(20)25-17)21-27(23,26-14(3)4)19(22)24-12-15-8-6-5-7-9-15/h5-9,13-14,16-18H,10-12,20H2,1-4H3,(H,21,23)/t16?,17-,18-,27?/m1/s1. The van der Waals surface area contributed by atoms with E-state index >= 15 is 0 Å². The molecule has 27 heavy (non-hydrogen) atoms. The van der Waals surface area contributed by atoms with Crippen LogP contribution in [0.3, 0.4) is 0 Å². The molecule has 4 atom stereocenters. The largest absolute Gasteiger partial charge is 0.453 e. The Hall–Kier alpha value is -1.14. The fraction of sp³-hybridized carbons (Fsp3) is 0.632. The Labute approximate surface area is 163 Å². The van der Waals surface area contributed by atoms with Crippen molar-refractivity contribution >= 4 is 21.1 Å². The Balaban J connectivity index is 2.09. The molecule has 1 saturated heterocycles. The number of benzene rings is 1. The van der Waals surface area contributed by atoms with E-state index in [9.17, 15) is 9.36 Å². The van der Waals surface area contributed by atoms with Gasteiger partial charge in [0.1, 0.15) is 14.5 Å². The van der Waals surface area contributed by atoms with Gasteiger partial charge in [-0.2, -0.15) is 0 Å². The van der Waals surface area contributed by atoms with Crippen LogP contribution < -0.4 is 5.09 Å². The van der Waals surface area contributed by atoms with E-state index in [1.165, 1.54) is 0 Å². The lowest BCUT2D eigenvalue weighted by Gasteiger charge is -2.27. The highest BCUT2D eigenvalue weighted by Gasteiger charge is 2.43. The lowest BCUT2D eigenvalue weighted by atomic mass is 9.94. The van der Waals surface area contributed by atoms with E-state index in [0.29, 0.717) is 12.3 Å². The monoisotopic (exact) mass is 395 g/mol. The van der Waals surface area contributed by atoms with Crippen LogP contribution in [-0.4, -0.2) is 37.8 Å². The van der Waals surface area contributed by atoms with Gasteiger partial charge >= 0.3 is 13.2 Å². The second kappa shape index (κ2) is 9.88. The fourth-order valence-electron chi connectivity index (χ4n) is 3.22. The predicted molar refractivity (Wildman–Crippen MR) is 109 cm³/mol. The summed E-state index contributed by atoms with van der Waals surface area (Å²) >= 11 is 0. The third-order valence-electron chi connectivity index (χ3n) is 4.29. The van der Waals surface area contributed by atoms with Gasteiger partial charge < -0.3 is 14.0 Å². The summed E-state index contributed by atoms with van der Waals surface area (Å²) in [6, 6.07) is 9.13. The first-order valence-corrected chi connectivity index (χ1v) is 11.2. The van der Waals surface area contributed by atoms with E-state index in [-0.39, 0.29) is 30.9 Å². The molecule has 0 bridgehead atoms. The SMILES string of the molecule is B[C@H]1CC(NP(=O)(OC(C)C)C(=O)OCc2ccccc2)[C@@H](CC(C)C)O1. The van der Waals surface area contributed by atoms with Crippen LogP contribution in [0.5, 0.6) is 0 Å². The van der Waals surface area contributed by atoms with Crippen LogP contribution in [0.15, 0.2) is 30.3 Å². The minimum atomic E-state index is -3.85. The van der Waals surface area contributed by atoms with Crippen molar-refractivity contribution < 1.29 is 23.4 Å². The zero-order valence-corrected chi connectivity index (χ0v) is 17.8. The summed E-state index contributed by atoms with van der Waals surface area (Å²) in [7, 11) is -1.87. The Kier molecular flexibility index (Phi) is 8.11. The molecule has 2 unspecified atom stereocenters. The van der Waals surface area contributed by atoms with Gasteiger partial charge in [0, 0.05) is 12.0 Å². The fourth-order valence-corrected chi connectivity index (χ4v) is 5.01. The maximum atomic E-state index is 13.4. The van der Waals surface area contributed by atoms with Crippen molar-refractivity contribution in [1.82, 2.24) is 5.09 Å². The van der Waals surface area contributed by atoms with Crippen molar-refractivity contribution in [2.75, 3.05) is 0 Å². The lowest BCUT2D eigenvalue weighted by molar-refractivity contribution is 0.0647. The van der Waals surface area contributed by atoms with Crippen molar-refractivity contribution in [1.29, 1.82) is 0 Å². The molecule has 1 N–H and O–H groups in total. The average molecular weight is 395 g/mol. The molecule has 0 saturated carbocycles. The van der Waals surface area contributed by atoms with Crippen LogP contribution >= 0.6 is 7.52 Å². The molecule has 8 heteroatoms. The van der Waals surface area contributed by atoms with Crippen LogP contribution in [-0.2, 0) is 25.2 Å². The average Bonchev–Trinajstić information content (AvgIpc) is 2.90. The molecule has 1 fully saturated rings. The van der Waals surface area contributed by atoms with E-state index < -0.39 is 13.2 Å². The molecule has 6 nitrogen and oxygen atoms in total. The Bertz CT molecular complexity index is 655. The van der Waals surface area contributed by atoms with Crippen molar-refractivity contribution in [3.8, 4) is 0 Å². The molecule has 0 aromatic heterocycles. The molecule has 1 aromatic rings. The summed E-state index contributed by atoms with van der Waals surface area (Å²) in [5, 5.41) is 2.98. The minimum absolute atomic E-state index is 0.0408. The van der Waals surface area contributed by atoms with Gasteiger partial charge in [-0.05, 0) is 38.2 Å². The van der Waals surface area contributed by atoms with Crippen LogP contribution in [0, 0.1) is 5.92 Å². The Morgan fingerprint density at radius 3 is 2.56 bits per heavy atom. The maximum Gasteiger partial charge on any atom is 0.408 e. The molecule has 1 aromatic carbocycles. The van der Waals surface area contributed by atoms with Crippen molar-refractivity contribution in [2.24, 2.45) is 5.92 Å². The molecule has 2 rings (SSSR count). The summed E-state index contributed by atoms with van der Waals surface area (Å²) in [4.78, 5) is 12.7. The minimum Gasteiger partial charge on any atom is -0.453 e. The zero-order chi connectivity index (χ0) is 20.0. The van der Waals surface area contributed by atoms with E-state index in [2.05, 4.69) is 18.9 Å². The van der Waals surface area contributed by atoms with Gasteiger partial charge in [-0.3, -0.25) is 4.57 Å². The normalized spacial score (nSPS) is 24.9. The van der Waals surface area contributed by atoms with Crippen molar-refractivity contribution in [3.63, 3.8) is 0 Å². The zero-order valence-electron chi connectivity index (χ0n) is 16.9. The van der Waals surface area contributed by atoms with E-state index in [4.69, 9.17) is 14.0 Å². The van der Waals surface area contributed by atoms with Crippen molar-refractivity contribution in [2.45, 2.75) is 71.4 Å². The second-order valence-corrected chi connectivity index (χ2v) is 9.77. The molecule has 1 heterocycles. The van der Waals surface area contributed by atoms with E-state index in [0.717, 1.165) is 12.0 Å². The number of carbonyl (C=O) groups excluding carboxylic acids is 1. The van der Waals surface area contributed by atoms with E-state index in [1.54, 1.807) is 13.8 Å². The van der Waals surface area contributed by atoms with Gasteiger partial charge in [-0.15, -0.1) is 0 Å². The molecule has 150 valence electrons. The highest BCUT2D eigenvalue weighted by Crippen LogP contribution is 2.48. The number of hydrogen-bond donors (Lipinski definition) is 1. The van der Waals surface area contributed by atoms with Gasteiger partial charge in [0.2, 0.25) is 0 Å². The van der Waals surface area contributed by atoms with Gasteiger partial charge in [-0.1, -0.05) is 44.2 Å². The molecule has 0 spiro atoms. The molecule has 1 aliphatic heterocycles. The molecular formula is C19H31BNO5P. The highest BCUT2D eigenvalue weighted by molar-refractivity contribution is 7.73. The molecular weight excluding hydrogens is 364 g/mol. The quantitative estimate of drug-likeness (QED) is 0.508. The van der Waals surface area contributed by atoms with Crippen LogP contribution in [0.1, 0.15) is 46.1 Å². The Morgan fingerprint density at radius 1 is 1.30 bits per heavy atom. The number of carbonyl (C=O) groups is 1. The number of rotatable bonds is 9. The topological polar surface area (TPSA) is 73.9 Å². The van der Waals surface area contributed by atoms with E-state index in [1.807, 2.05) is 38.2 Å². The van der Waals surface area contributed by atoms with Gasteiger partial charge in [0.05, 0.1) is 12.2 Å². The first kappa shape index (κ1) is 22.2. The third kappa shape index (κ3) is 6.76. The predicted octanol–water partition coefficient (Wildman–Crippen LogP) is 3.69. The number of hydrogen-bond acceptors (Lipinski definition) is 5. The van der Waals surface area contributed by atoms with Crippen LogP contribution in [0.2, 0.25) is 0 Å². The summed E-state index contributed by atoms with van der Waals surface area (Å²) in [6.07, 6.45) is 1.01. The van der Waals surface area contributed by atoms with Crippen LogP contribution in [0.25, 0.3) is 0 Å². The lowest BCUT2D eigenvalue weighted by Crippen LogP contribution is -2.37. The van der Waals surface area contributed by atoms with Gasteiger partial charge in [-0.25, -0.2) is 9.88 Å². The summed E-state index contributed by atoms with van der Waals surface area (Å²) in [5.74, 6) is 0.431. The first-order chi connectivity index (χ1) is 12.7. The summed E-state index contributed by atoms with van der Waals surface area (Å²) < 4.78 is 30.2. The number of nitrogens with one attached hydrogen (secondary N) is 1. The number of ether oxygens (including phenoxy) is 2. The second-order valence-electron chi connectivity index (χ2n) is 7.83. The van der Waals surface area contributed by atoms with Crippen LogP contribution in [0.4, 0.5) is 4.79 Å². The smallest absolute Gasteiger partial charge is 0.408 e. The Morgan fingerprint density at radius 2 is 1.96 bits per heavy atom. The molecule has 0 aliphatic carbocycles. The summed E-state index contributed by atoms with van der Waals surface area (Å²) in [6.45, 7) is 7.78. The highest BCUT2D eigenvalue weighted by atomic mass is 31.2. The maximum absolute atomic E-state index is 13.4. The molecule has 1 aliphatic rings.